The van der Waals surface area contributed by atoms with E-state index in [2.05, 4.69) is 39.0 Å². The summed E-state index contributed by atoms with van der Waals surface area (Å²) in [6.07, 6.45) is 10.6. The van der Waals surface area contributed by atoms with Crippen molar-refractivity contribution in [1.82, 2.24) is 24.7 Å². The van der Waals surface area contributed by atoms with Crippen LogP contribution < -0.4 is 9.64 Å². The van der Waals surface area contributed by atoms with Crippen molar-refractivity contribution >= 4 is 16.7 Å². The summed E-state index contributed by atoms with van der Waals surface area (Å²) < 4.78 is 7.49. The molecule has 4 heterocycles. The van der Waals surface area contributed by atoms with Gasteiger partial charge in [0.15, 0.2) is 5.82 Å². The van der Waals surface area contributed by atoms with Crippen molar-refractivity contribution in [1.29, 1.82) is 0 Å². The molecule has 0 amide bonds. The predicted molar refractivity (Wildman–Crippen MR) is 121 cm³/mol. The van der Waals surface area contributed by atoms with Crippen LogP contribution in [0.15, 0.2) is 49.1 Å². The molecule has 1 atom stereocenters. The first kappa shape index (κ1) is 19.5. The maximum Gasteiger partial charge on any atom is 0.155 e. The van der Waals surface area contributed by atoms with Gasteiger partial charge >= 0.3 is 0 Å². The number of rotatable bonds is 5. The average Bonchev–Trinajstić information content (AvgIpc) is 3.41. The standard InChI is InChI=1S/C24H26N6O/c1-16-5-4-10-30(16)24-23-19(8-9-25-24)13-26-22(28-23)12-18-7-6-17(11-21(18)31-3)20-14-27-29(2)15-20/h6-9,11,13-16H,4-5,10,12H2,1-3H3. The fourth-order valence-electron chi connectivity index (χ4n) is 4.33. The van der Waals surface area contributed by atoms with Crippen LogP contribution >= 0.6 is 0 Å². The highest BCUT2D eigenvalue weighted by Gasteiger charge is 2.24. The van der Waals surface area contributed by atoms with Crippen molar-refractivity contribution in [3.8, 4) is 16.9 Å². The Hall–Kier alpha value is -3.48. The van der Waals surface area contributed by atoms with E-state index in [0.29, 0.717) is 12.5 Å². The molecule has 7 heteroatoms. The lowest BCUT2D eigenvalue weighted by molar-refractivity contribution is 0.410. The minimum absolute atomic E-state index is 0.483. The summed E-state index contributed by atoms with van der Waals surface area (Å²) in [5.41, 5.74) is 4.11. The molecular weight excluding hydrogens is 388 g/mol. The van der Waals surface area contributed by atoms with Gasteiger partial charge in [-0.3, -0.25) is 4.68 Å². The molecule has 1 saturated heterocycles. The molecule has 5 rings (SSSR count). The van der Waals surface area contributed by atoms with E-state index in [0.717, 1.165) is 51.5 Å². The van der Waals surface area contributed by atoms with Gasteiger partial charge in [0.05, 0.1) is 13.3 Å². The number of hydrogen-bond donors (Lipinski definition) is 0. The fraction of sp³-hybridized carbons (Fsp3) is 0.333. The van der Waals surface area contributed by atoms with E-state index >= 15 is 0 Å². The van der Waals surface area contributed by atoms with Crippen LogP contribution in [0.25, 0.3) is 22.0 Å². The molecule has 1 fully saturated rings. The lowest BCUT2D eigenvalue weighted by Gasteiger charge is -2.23. The molecule has 7 nitrogen and oxygen atoms in total. The minimum Gasteiger partial charge on any atom is -0.496 e. The molecule has 0 saturated carbocycles. The van der Waals surface area contributed by atoms with Gasteiger partial charge in [0.2, 0.25) is 0 Å². The lowest BCUT2D eigenvalue weighted by atomic mass is 10.0. The van der Waals surface area contributed by atoms with Crippen molar-refractivity contribution in [2.45, 2.75) is 32.2 Å². The normalized spacial score (nSPS) is 16.2. The Bertz CT molecular complexity index is 1230. The molecule has 3 aromatic heterocycles. The topological polar surface area (TPSA) is 69.0 Å². The van der Waals surface area contributed by atoms with Gasteiger partial charge in [0.25, 0.3) is 0 Å². The summed E-state index contributed by atoms with van der Waals surface area (Å²) >= 11 is 0. The van der Waals surface area contributed by atoms with Gasteiger partial charge in [-0.05, 0) is 37.5 Å². The second-order valence-corrected chi connectivity index (χ2v) is 8.15. The third-order valence-electron chi connectivity index (χ3n) is 6.03. The highest BCUT2D eigenvalue weighted by atomic mass is 16.5. The summed E-state index contributed by atoms with van der Waals surface area (Å²) in [5, 5.41) is 5.28. The smallest absolute Gasteiger partial charge is 0.155 e. The largest absolute Gasteiger partial charge is 0.496 e. The predicted octanol–water partition coefficient (Wildman–Crippen LogP) is 4.01. The van der Waals surface area contributed by atoms with Crippen LogP contribution in [0.5, 0.6) is 5.75 Å². The Balaban J connectivity index is 1.49. The highest BCUT2D eigenvalue weighted by Crippen LogP contribution is 2.31. The van der Waals surface area contributed by atoms with Gasteiger partial charge in [-0.15, -0.1) is 0 Å². The molecule has 0 spiro atoms. The molecule has 0 aliphatic carbocycles. The maximum atomic E-state index is 5.69. The second-order valence-electron chi connectivity index (χ2n) is 8.15. The van der Waals surface area contributed by atoms with E-state index in [1.54, 1.807) is 11.8 Å². The molecule has 31 heavy (non-hydrogen) atoms. The van der Waals surface area contributed by atoms with Gasteiger partial charge in [0, 0.05) is 61.2 Å². The number of aryl methyl sites for hydroxylation is 1. The number of benzene rings is 1. The van der Waals surface area contributed by atoms with E-state index in [1.165, 1.54) is 12.8 Å². The number of ether oxygens (including phenoxy) is 1. The second kappa shape index (κ2) is 7.98. The molecule has 0 N–H and O–H groups in total. The first-order chi connectivity index (χ1) is 15.1. The monoisotopic (exact) mass is 414 g/mol. The molecule has 0 radical (unpaired) electrons. The number of aromatic nitrogens is 5. The number of hydrogen-bond acceptors (Lipinski definition) is 6. The number of pyridine rings is 1. The zero-order chi connectivity index (χ0) is 21.4. The number of methoxy groups -OCH3 is 1. The van der Waals surface area contributed by atoms with E-state index in [9.17, 15) is 0 Å². The van der Waals surface area contributed by atoms with Crippen LogP contribution in [-0.2, 0) is 13.5 Å². The lowest BCUT2D eigenvalue weighted by Crippen LogP contribution is -2.27. The van der Waals surface area contributed by atoms with Crippen molar-refractivity contribution in [2.24, 2.45) is 7.05 Å². The van der Waals surface area contributed by atoms with E-state index in [-0.39, 0.29) is 0 Å². The Morgan fingerprint density at radius 2 is 2.03 bits per heavy atom. The first-order valence-corrected chi connectivity index (χ1v) is 10.7. The van der Waals surface area contributed by atoms with Crippen molar-refractivity contribution < 1.29 is 4.74 Å². The molecule has 1 aliphatic rings. The van der Waals surface area contributed by atoms with E-state index < -0.39 is 0 Å². The summed E-state index contributed by atoms with van der Waals surface area (Å²) in [4.78, 5) is 16.6. The Labute approximate surface area is 181 Å². The molecule has 1 unspecified atom stereocenters. The summed E-state index contributed by atoms with van der Waals surface area (Å²) in [5.74, 6) is 2.55. The molecule has 1 aromatic carbocycles. The van der Waals surface area contributed by atoms with Crippen LogP contribution in [-0.4, -0.2) is 44.4 Å². The zero-order valence-electron chi connectivity index (χ0n) is 18.1. The fourth-order valence-corrected chi connectivity index (χ4v) is 4.33. The Morgan fingerprint density at radius 1 is 1.13 bits per heavy atom. The third-order valence-corrected chi connectivity index (χ3v) is 6.03. The highest BCUT2D eigenvalue weighted by molar-refractivity contribution is 5.88. The third kappa shape index (κ3) is 3.71. The Morgan fingerprint density at radius 3 is 2.77 bits per heavy atom. The quantitative estimate of drug-likeness (QED) is 0.491. The molecule has 4 aromatic rings. The van der Waals surface area contributed by atoms with Crippen molar-refractivity contribution in [3.63, 3.8) is 0 Å². The number of fused-ring (bicyclic) bond motifs is 1. The SMILES string of the molecule is COc1cc(-c2cnn(C)c2)ccc1Cc1ncc2ccnc(N3CCCC3C)c2n1. The van der Waals surface area contributed by atoms with Crippen LogP contribution in [0, 0.1) is 0 Å². The van der Waals surface area contributed by atoms with Crippen LogP contribution in [0.3, 0.4) is 0 Å². The van der Waals surface area contributed by atoms with E-state index in [1.807, 2.05) is 44.0 Å². The van der Waals surface area contributed by atoms with Gasteiger partial charge in [-0.2, -0.15) is 5.10 Å². The van der Waals surface area contributed by atoms with Crippen molar-refractivity contribution in [3.05, 3.63) is 60.4 Å². The number of anilines is 1. The van der Waals surface area contributed by atoms with Gasteiger partial charge in [-0.25, -0.2) is 15.0 Å². The molecule has 1 aliphatic heterocycles. The Kier molecular flexibility index (Phi) is 5.02. The summed E-state index contributed by atoms with van der Waals surface area (Å²) in [7, 11) is 3.61. The molecule has 0 bridgehead atoms. The average molecular weight is 415 g/mol. The van der Waals surface area contributed by atoms with Crippen LogP contribution in [0.1, 0.15) is 31.2 Å². The van der Waals surface area contributed by atoms with Crippen molar-refractivity contribution in [2.75, 3.05) is 18.6 Å². The number of nitrogens with zero attached hydrogens (tertiary/aromatic N) is 6. The summed E-state index contributed by atoms with van der Waals surface area (Å²) in [6.45, 7) is 3.28. The molecular formula is C24H26N6O. The maximum absolute atomic E-state index is 5.69. The van der Waals surface area contributed by atoms with Gasteiger partial charge in [-0.1, -0.05) is 12.1 Å². The van der Waals surface area contributed by atoms with Crippen LogP contribution in [0.2, 0.25) is 0 Å². The summed E-state index contributed by atoms with van der Waals surface area (Å²) in [6, 6.07) is 8.69. The molecule has 158 valence electrons. The van der Waals surface area contributed by atoms with E-state index in [4.69, 9.17) is 9.72 Å². The van der Waals surface area contributed by atoms with Gasteiger partial charge < -0.3 is 9.64 Å². The van der Waals surface area contributed by atoms with Crippen LogP contribution in [0.4, 0.5) is 5.82 Å². The zero-order valence-corrected chi connectivity index (χ0v) is 18.1. The minimum atomic E-state index is 0.483. The van der Waals surface area contributed by atoms with Gasteiger partial charge in [0.1, 0.15) is 17.1 Å². The first-order valence-electron chi connectivity index (χ1n) is 10.7.